The van der Waals surface area contributed by atoms with Gasteiger partial charge in [0.15, 0.2) is 0 Å². The van der Waals surface area contributed by atoms with Crippen LogP contribution in [0.5, 0.6) is 0 Å². The summed E-state index contributed by atoms with van der Waals surface area (Å²) in [6.45, 7) is 3.20. The second-order valence-corrected chi connectivity index (χ2v) is 6.18. The monoisotopic (exact) mass is 310 g/mol. The minimum absolute atomic E-state index is 0.00304. The van der Waals surface area contributed by atoms with Gasteiger partial charge < -0.3 is 10.0 Å². The Balaban J connectivity index is 1.75. The normalized spacial score (nSPS) is 20.1. The Hall–Kier alpha value is -2.20. The summed E-state index contributed by atoms with van der Waals surface area (Å²) in [4.78, 5) is 18.6. The Morgan fingerprint density at radius 1 is 1.39 bits per heavy atom. The smallest absolute Gasteiger partial charge is 0.246 e. The summed E-state index contributed by atoms with van der Waals surface area (Å²) in [6.07, 6.45) is 6.79. The van der Waals surface area contributed by atoms with Gasteiger partial charge in [0.1, 0.15) is 0 Å². The Morgan fingerprint density at radius 2 is 2.22 bits per heavy atom. The van der Waals surface area contributed by atoms with Crippen LogP contribution in [0.25, 0.3) is 17.0 Å². The van der Waals surface area contributed by atoms with Crippen molar-refractivity contribution in [3.8, 4) is 0 Å². The van der Waals surface area contributed by atoms with Gasteiger partial charge in [-0.15, -0.1) is 0 Å². The largest absolute Gasteiger partial charge is 0.393 e. The molecule has 0 aliphatic carbocycles. The van der Waals surface area contributed by atoms with Crippen LogP contribution in [0.3, 0.4) is 0 Å². The molecule has 2 atom stereocenters. The molecule has 2 unspecified atom stereocenters. The number of rotatable bonds is 3. The van der Waals surface area contributed by atoms with Gasteiger partial charge in [-0.3, -0.25) is 9.78 Å². The number of benzene rings is 1. The molecule has 2 heterocycles. The van der Waals surface area contributed by atoms with Crippen LogP contribution in [-0.4, -0.2) is 40.1 Å². The first-order chi connectivity index (χ1) is 11.1. The Labute approximate surface area is 136 Å². The van der Waals surface area contributed by atoms with E-state index in [1.807, 2.05) is 41.3 Å². The van der Waals surface area contributed by atoms with E-state index < -0.39 is 0 Å². The van der Waals surface area contributed by atoms with E-state index in [2.05, 4.69) is 4.98 Å². The molecule has 2 aromatic rings. The number of aliphatic hydroxyl groups is 1. The fraction of sp³-hybridized carbons (Fsp3) is 0.368. The van der Waals surface area contributed by atoms with Gasteiger partial charge in [0, 0.05) is 42.2 Å². The minimum Gasteiger partial charge on any atom is -0.393 e. The van der Waals surface area contributed by atoms with Crippen LogP contribution in [0.1, 0.15) is 25.3 Å². The number of aromatic nitrogens is 1. The number of nitrogens with zero attached hydrogens (tertiary/aromatic N) is 2. The third-order valence-electron chi connectivity index (χ3n) is 4.52. The summed E-state index contributed by atoms with van der Waals surface area (Å²) < 4.78 is 0. The van der Waals surface area contributed by atoms with Crippen LogP contribution in [0, 0.1) is 5.92 Å². The van der Waals surface area contributed by atoms with E-state index in [9.17, 15) is 9.90 Å². The number of carbonyl (C=O) groups is 1. The summed E-state index contributed by atoms with van der Waals surface area (Å²) >= 11 is 0. The average molecular weight is 310 g/mol. The molecular formula is C19H22N2O2. The molecule has 0 radical (unpaired) electrons. The summed E-state index contributed by atoms with van der Waals surface area (Å²) in [6, 6.07) is 9.87. The van der Waals surface area contributed by atoms with Gasteiger partial charge in [-0.25, -0.2) is 0 Å². The molecule has 1 fully saturated rings. The molecule has 1 aliphatic rings. The number of hydrogen-bond acceptors (Lipinski definition) is 3. The van der Waals surface area contributed by atoms with Crippen LogP contribution in [0.4, 0.5) is 0 Å². The molecular weight excluding hydrogens is 288 g/mol. The first-order valence-electron chi connectivity index (χ1n) is 8.14. The lowest BCUT2D eigenvalue weighted by Gasteiger charge is -2.33. The third-order valence-corrected chi connectivity index (χ3v) is 4.52. The van der Waals surface area contributed by atoms with Crippen LogP contribution >= 0.6 is 0 Å². The molecule has 1 N–H and O–H groups in total. The number of para-hydroxylation sites is 1. The topological polar surface area (TPSA) is 53.4 Å². The van der Waals surface area contributed by atoms with E-state index in [1.54, 1.807) is 19.2 Å². The van der Waals surface area contributed by atoms with Crippen molar-refractivity contribution in [2.75, 3.05) is 13.1 Å². The summed E-state index contributed by atoms with van der Waals surface area (Å²) in [5, 5.41) is 10.8. The molecule has 0 bridgehead atoms. The average Bonchev–Trinajstić information content (AvgIpc) is 2.59. The molecule has 120 valence electrons. The molecule has 3 rings (SSSR count). The number of amides is 1. The fourth-order valence-corrected chi connectivity index (χ4v) is 3.13. The van der Waals surface area contributed by atoms with Crippen molar-refractivity contribution in [2.24, 2.45) is 5.92 Å². The molecule has 1 amide bonds. The number of fused-ring (bicyclic) bond motifs is 1. The van der Waals surface area contributed by atoms with Crippen molar-refractivity contribution >= 4 is 22.9 Å². The van der Waals surface area contributed by atoms with E-state index in [4.69, 9.17) is 0 Å². The molecule has 1 aromatic carbocycles. The van der Waals surface area contributed by atoms with Crippen LogP contribution in [-0.2, 0) is 4.79 Å². The highest BCUT2D eigenvalue weighted by Crippen LogP contribution is 2.21. The standard InChI is InChI=1S/C19H22N2O2/c1-14(22)17-8-4-12-21(13-17)18(23)10-9-16-6-2-5-15-7-3-11-20-19(15)16/h2-3,5-7,9-11,14,17,22H,4,8,12-13H2,1H3/b10-9+. The van der Waals surface area contributed by atoms with Crippen molar-refractivity contribution in [1.82, 2.24) is 9.88 Å². The van der Waals surface area contributed by atoms with Crippen molar-refractivity contribution in [3.63, 3.8) is 0 Å². The zero-order valence-corrected chi connectivity index (χ0v) is 13.4. The quantitative estimate of drug-likeness (QED) is 0.887. The van der Waals surface area contributed by atoms with Gasteiger partial charge in [0.05, 0.1) is 11.6 Å². The maximum absolute atomic E-state index is 12.4. The number of hydrogen-bond donors (Lipinski definition) is 1. The van der Waals surface area contributed by atoms with Crippen LogP contribution < -0.4 is 0 Å². The van der Waals surface area contributed by atoms with Gasteiger partial charge in [-0.1, -0.05) is 24.3 Å². The lowest BCUT2D eigenvalue weighted by Crippen LogP contribution is -2.42. The number of likely N-dealkylation sites (tertiary alicyclic amines) is 1. The van der Waals surface area contributed by atoms with Gasteiger partial charge in [0.25, 0.3) is 0 Å². The van der Waals surface area contributed by atoms with E-state index in [0.717, 1.165) is 35.9 Å². The molecule has 4 heteroatoms. The van der Waals surface area contributed by atoms with E-state index in [-0.39, 0.29) is 17.9 Å². The Morgan fingerprint density at radius 3 is 3.04 bits per heavy atom. The van der Waals surface area contributed by atoms with Crippen LogP contribution in [0.2, 0.25) is 0 Å². The van der Waals surface area contributed by atoms with Gasteiger partial charge in [-0.05, 0) is 31.9 Å². The second-order valence-electron chi connectivity index (χ2n) is 6.18. The molecule has 1 saturated heterocycles. The van der Waals surface area contributed by atoms with Gasteiger partial charge in [-0.2, -0.15) is 0 Å². The number of carbonyl (C=O) groups excluding carboxylic acids is 1. The lowest BCUT2D eigenvalue weighted by atomic mass is 9.93. The van der Waals surface area contributed by atoms with Gasteiger partial charge >= 0.3 is 0 Å². The highest BCUT2D eigenvalue weighted by Gasteiger charge is 2.25. The zero-order chi connectivity index (χ0) is 16.2. The Bertz CT molecular complexity index is 719. The molecule has 23 heavy (non-hydrogen) atoms. The van der Waals surface area contributed by atoms with E-state index in [0.29, 0.717) is 6.54 Å². The maximum atomic E-state index is 12.4. The minimum atomic E-state index is -0.364. The van der Waals surface area contributed by atoms with E-state index in [1.165, 1.54) is 0 Å². The molecule has 0 saturated carbocycles. The summed E-state index contributed by atoms with van der Waals surface area (Å²) in [5.41, 5.74) is 1.85. The maximum Gasteiger partial charge on any atom is 0.246 e. The van der Waals surface area contributed by atoms with Crippen molar-refractivity contribution in [2.45, 2.75) is 25.9 Å². The lowest BCUT2D eigenvalue weighted by molar-refractivity contribution is -0.128. The van der Waals surface area contributed by atoms with Crippen molar-refractivity contribution < 1.29 is 9.90 Å². The predicted molar refractivity (Wildman–Crippen MR) is 91.8 cm³/mol. The third kappa shape index (κ3) is 3.59. The first kappa shape index (κ1) is 15.7. The van der Waals surface area contributed by atoms with Crippen LogP contribution in [0.15, 0.2) is 42.6 Å². The number of piperidine rings is 1. The molecule has 1 aliphatic heterocycles. The number of aliphatic hydroxyl groups excluding tert-OH is 1. The molecule has 1 aromatic heterocycles. The highest BCUT2D eigenvalue weighted by molar-refractivity contribution is 5.95. The molecule has 0 spiro atoms. The van der Waals surface area contributed by atoms with E-state index >= 15 is 0 Å². The Kier molecular flexibility index (Phi) is 4.72. The van der Waals surface area contributed by atoms with Crippen molar-refractivity contribution in [1.29, 1.82) is 0 Å². The summed E-state index contributed by atoms with van der Waals surface area (Å²) in [5.74, 6) is 0.184. The molecule has 4 nitrogen and oxygen atoms in total. The van der Waals surface area contributed by atoms with Crippen molar-refractivity contribution in [3.05, 3.63) is 48.2 Å². The predicted octanol–water partition coefficient (Wildman–Crippen LogP) is 2.87. The van der Waals surface area contributed by atoms with Gasteiger partial charge in [0.2, 0.25) is 5.91 Å². The summed E-state index contributed by atoms with van der Waals surface area (Å²) in [7, 11) is 0. The fourth-order valence-electron chi connectivity index (χ4n) is 3.13. The highest BCUT2D eigenvalue weighted by atomic mass is 16.3. The second kappa shape index (κ2) is 6.92. The zero-order valence-electron chi connectivity index (χ0n) is 13.4. The number of pyridine rings is 1. The first-order valence-corrected chi connectivity index (χ1v) is 8.14. The SMILES string of the molecule is CC(O)C1CCCN(C(=O)/C=C/c2cccc3cccnc23)C1.